The average molecular weight is 250 g/mol. The topological polar surface area (TPSA) is 52.9 Å². The van der Waals surface area contributed by atoms with Gasteiger partial charge in [0.25, 0.3) is 0 Å². The van der Waals surface area contributed by atoms with Crippen molar-refractivity contribution in [3.05, 3.63) is 35.4 Å². The van der Waals surface area contributed by atoms with Gasteiger partial charge in [-0.3, -0.25) is 4.79 Å². The Kier molecular flexibility index (Phi) is 3.28. The molecule has 2 rings (SSSR count). The molecule has 0 saturated heterocycles. The van der Waals surface area contributed by atoms with Gasteiger partial charge in [-0.1, -0.05) is 6.07 Å². The zero-order chi connectivity index (χ0) is 13.2. The van der Waals surface area contributed by atoms with Crippen LogP contribution in [0.2, 0.25) is 0 Å². The molecule has 0 spiro atoms. The Balaban J connectivity index is 1.84. The molecular formula is C13H12F2N2O. The second-order valence-electron chi connectivity index (χ2n) is 4.45. The van der Waals surface area contributed by atoms with E-state index in [2.05, 4.69) is 5.32 Å². The smallest absolute Gasteiger partial charge is 0.240 e. The monoisotopic (exact) mass is 250 g/mol. The van der Waals surface area contributed by atoms with Gasteiger partial charge >= 0.3 is 0 Å². The first-order valence-corrected chi connectivity index (χ1v) is 5.71. The molecule has 1 N–H and O–H groups in total. The zero-order valence-corrected chi connectivity index (χ0v) is 9.67. The summed E-state index contributed by atoms with van der Waals surface area (Å²) < 4.78 is 25.6. The van der Waals surface area contributed by atoms with E-state index < -0.39 is 17.0 Å². The van der Waals surface area contributed by atoms with Crippen LogP contribution in [0.1, 0.15) is 18.4 Å². The Bertz CT molecular complexity index is 518. The van der Waals surface area contributed by atoms with Gasteiger partial charge in [-0.15, -0.1) is 0 Å². The number of amides is 1. The number of carbonyl (C=O) groups excluding carboxylic acids is 1. The quantitative estimate of drug-likeness (QED) is 0.887. The van der Waals surface area contributed by atoms with Crippen molar-refractivity contribution in [2.75, 3.05) is 6.54 Å². The molecule has 18 heavy (non-hydrogen) atoms. The van der Waals surface area contributed by atoms with Crippen molar-refractivity contribution >= 4 is 5.91 Å². The van der Waals surface area contributed by atoms with Gasteiger partial charge < -0.3 is 5.32 Å². The van der Waals surface area contributed by atoms with Crippen LogP contribution in [0.15, 0.2) is 18.2 Å². The normalized spacial score (nSPS) is 15.8. The van der Waals surface area contributed by atoms with Crippen LogP contribution >= 0.6 is 0 Å². The minimum Gasteiger partial charge on any atom is -0.354 e. The van der Waals surface area contributed by atoms with E-state index in [1.807, 2.05) is 6.07 Å². The number of hydrogen-bond donors (Lipinski definition) is 1. The number of nitrogens with one attached hydrogen (secondary N) is 1. The highest BCUT2D eigenvalue weighted by Crippen LogP contribution is 2.44. The summed E-state index contributed by atoms with van der Waals surface area (Å²) >= 11 is 0. The second-order valence-corrected chi connectivity index (χ2v) is 4.45. The van der Waals surface area contributed by atoms with Crippen molar-refractivity contribution in [1.82, 2.24) is 5.32 Å². The molecule has 1 aromatic carbocycles. The highest BCUT2D eigenvalue weighted by atomic mass is 19.2. The fourth-order valence-electron chi connectivity index (χ4n) is 1.70. The minimum absolute atomic E-state index is 0.271. The molecule has 0 aliphatic heterocycles. The molecule has 3 nitrogen and oxygen atoms in total. The number of benzene rings is 1. The highest BCUT2D eigenvalue weighted by molar-refractivity contribution is 5.88. The predicted molar refractivity (Wildman–Crippen MR) is 60.4 cm³/mol. The van der Waals surface area contributed by atoms with Crippen LogP contribution in [0, 0.1) is 28.4 Å². The van der Waals surface area contributed by atoms with Gasteiger partial charge in [0.05, 0.1) is 6.07 Å². The number of carbonyl (C=O) groups is 1. The summed E-state index contributed by atoms with van der Waals surface area (Å²) in [5.41, 5.74) is -0.232. The SMILES string of the molecule is N#CC1(C(=O)NCCc2ccc(F)c(F)c2)CC1. The van der Waals surface area contributed by atoms with Gasteiger partial charge in [0, 0.05) is 6.54 Å². The second kappa shape index (κ2) is 4.73. The number of nitrogens with zero attached hydrogens (tertiary/aromatic N) is 1. The molecule has 1 aliphatic rings. The zero-order valence-electron chi connectivity index (χ0n) is 9.67. The van der Waals surface area contributed by atoms with Crippen molar-refractivity contribution < 1.29 is 13.6 Å². The van der Waals surface area contributed by atoms with E-state index in [0.717, 1.165) is 12.1 Å². The summed E-state index contributed by atoms with van der Waals surface area (Å²) in [6.07, 6.45) is 1.60. The number of hydrogen-bond acceptors (Lipinski definition) is 2. The third-order valence-electron chi connectivity index (χ3n) is 3.08. The van der Waals surface area contributed by atoms with Gasteiger partial charge in [-0.2, -0.15) is 5.26 Å². The fourth-order valence-corrected chi connectivity index (χ4v) is 1.70. The summed E-state index contributed by atoms with van der Waals surface area (Å²) in [4.78, 5) is 11.6. The molecule has 0 radical (unpaired) electrons. The van der Waals surface area contributed by atoms with Crippen LogP contribution in [-0.4, -0.2) is 12.5 Å². The first-order chi connectivity index (χ1) is 8.57. The Labute approximate surface area is 103 Å². The van der Waals surface area contributed by atoms with Crippen LogP contribution in [0.3, 0.4) is 0 Å². The highest BCUT2D eigenvalue weighted by Gasteiger charge is 2.50. The van der Waals surface area contributed by atoms with Crippen LogP contribution in [0.5, 0.6) is 0 Å². The van der Waals surface area contributed by atoms with E-state index in [1.54, 1.807) is 0 Å². The predicted octanol–water partition coefficient (Wildman–Crippen LogP) is 1.93. The van der Waals surface area contributed by atoms with E-state index in [9.17, 15) is 13.6 Å². The number of rotatable bonds is 4. The van der Waals surface area contributed by atoms with Crippen molar-refractivity contribution in [3.8, 4) is 6.07 Å². The third-order valence-corrected chi connectivity index (χ3v) is 3.08. The number of halogens is 2. The fraction of sp³-hybridized carbons (Fsp3) is 0.385. The molecule has 0 bridgehead atoms. The van der Waals surface area contributed by atoms with Gasteiger partial charge in [0.1, 0.15) is 5.41 Å². The van der Waals surface area contributed by atoms with Crippen molar-refractivity contribution in [2.45, 2.75) is 19.3 Å². The molecule has 94 valence electrons. The maximum absolute atomic E-state index is 12.9. The number of nitriles is 1. The largest absolute Gasteiger partial charge is 0.354 e. The Morgan fingerprint density at radius 2 is 2.11 bits per heavy atom. The van der Waals surface area contributed by atoms with Crippen LogP contribution < -0.4 is 5.32 Å². The van der Waals surface area contributed by atoms with Gasteiger partial charge in [0.2, 0.25) is 5.91 Å². The molecule has 0 atom stereocenters. The molecule has 1 fully saturated rings. The lowest BCUT2D eigenvalue weighted by molar-refractivity contribution is -0.124. The van der Waals surface area contributed by atoms with Crippen LogP contribution in [-0.2, 0) is 11.2 Å². The molecule has 1 amide bonds. The molecule has 0 heterocycles. The summed E-state index contributed by atoms with van der Waals surface area (Å²) in [6.45, 7) is 0.313. The molecule has 1 saturated carbocycles. The Morgan fingerprint density at radius 3 is 2.67 bits per heavy atom. The maximum atomic E-state index is 12.9. The summed E-state index contributed by atoms with van der Waals surface area (Å²) in [5, 5.41) is 11.4. The Morgan fingerprint density at radius 1 is 1.39 bits per heavy atom. The lowest BCUT2D eigenvalue weighted by atomic mass is 10.1. The molecular weight excluding hydrogens is 238 g/mol. The van der Waals surface area contributed by atoms with Gasteiger partial charge in [-0.05, 0) is 37.0 Å². The van der Waals surface area contributed by atoms with E-state index in [0.29, 0.717) is 31.4 Å². The standard InChI is InChI=1S/C13H12F2N2O/c14-10-2-1-9(7-11(10)15)3-6-17-12(18)13(8-16)4-5-13/h1-2,7H,3-6H2,(H,17,18). The minimum atomic E-state index is -0.894. The van der Waals surface area contributed by atoms with E-state index >= 15 is 0 Å². The molecule has 5 heteroatoms. The third kappa shape index (κ3) is 2.48. The van der Waals surface area contributed by atoms with Crippen LogP contribution in [0.25, 0.3) is 0 Å². The molecule has 0 aromatic heterocycles. The van der Waals surface area contributed by atoms with E-state index in [4.69, 9.17) is 5.26 Å². The Hall–Kier alpha value is -1.96. The molecule has 1 aliphatic carbocycles. The van der Waals surface area contributed by atoms with Crippen molar-refractivity contribution in [1.29, 1.82) is 5.26 Å². The maximum Gasteiger partial charge on any atom is 0.240 e. The first-order valence-electron chi connectivity index (χ1n) is 5.71. The molecule has 0 unspecified atom stereocenters. The van der Waals surface area contributed by atoms with Crippen LogP contribution in [0.4, 0.5) is 8.78 Å². The summed E-state index contributed by atoms with van der Waals surface area (Å²) in [6, 6.07) is 5.64. The van der Waals surface area contributed by atoms with Crippen molar-refractivity contribution in [2.24, 2.45) is 5.41 Å². The first kappa shape index (κ1) is 12.5. The van der Waals surface area contributed by atoms with E-state index in [-0.39, 0.29) is 5.91 Å². The lowest BCUT2D eigenvalue weighted by Crippen LogP contribution is -2.32. The van der Waals surface area contributed by atoms with E-state index in [1.165, 1.54) is 6.07 Å². The molecule has 1 aromatic rings. The lowest BCUT2D eigenvalue weighted by Gasteiger charge is -2.08. The summed E-state index contributed by atoms with van der Waals surface area (Å²) in [7, 11) is 0. The van der Waals surface area contributed by atoms with Gasteiger partial charge in [0.15, 0.2) is 11.6 Å². The van der Waals surface area contributed by atoms with Gasteiger partial charge in [-0.25, -0.2) is 8.78 Å². The average Bonchev–Trinajstić information content (AvgIpc) is 3.14. The van der Waals surface area contributed by atoms with Crippen molar-refractivity contribution in [3.63, 3.8) is 0 Å². The summed E-state index contributed by atoms with van der Waals surface area (Å²) in [5.74, 6) is -2.05.